The van der Waals surface area contributed by atoms with Crippen LogP contribution in [0, 0.1) is 19.8 Å². The predicted molar refractivity (Wildman–Crippen MR) is 86.3 cm³/mol. The highest BCUT2D eigenvalue weighted by molar-refractivity contribution is 5.76. The summed E-state index contributed by atoms with van der Waals surface area (Å²) in [4.78, 5) is 11.7. The number of rotatable bonds is 8. The summed E-state index contributed by atoms with van der Waals surface area (Å²) < 4.78 is 2.03. The molecule has 5 heteroatoms. The molecular weight excluding hydrogens is 264 g/mol. The minimum absolute atomic E-state index is 0.112. The number of carbonyl (C=O) groups is 1. The van der Waals surface area contributed by atoms with Crippen molar-refractivity contribution in [2.45, 2.75) is 60.5 Å². The summed E-state index contributed by atoms with van der Waals surface area (Å²) in [6.07, 6.45) is 0.511. The molecule has 0 fully saturated rings. The van der Waals surface area contributed by atoms with Gasteiger partial charge in [0, 0.05) is 43.4 Å². The van der Waals surface area contributed by atoms with E-state index < -0.39 is 0 Å². The van der Waals surface area contributed by atoms with Crippen LogP contribution in [0.1, 0.15) is 57.1 Å². The molecule has 0 saturated heterocycles. The molecule has 21 heavy (non-hydrogen) atoms. The highest BCUT2D eigenvalue weighted by atomic mass is 16.1. The van der Waals surface area contributed by atoms with Crippen LogP contribution in [0.15, 0.2) is 0 Å². The van der Waals surface area contributed by atoms with Gasteiger partial charge in [-0.15, -0.1) is 0 Å². The van der Waals surface area contributed by atoms with Gasteiger partial charge in [0.2, 0.25) is 5.91 Å². The Morgan fingerprint density at radius 3 is 2.48 bits per heavy atom. The molecule has 120 valence electrons. The van der Waals surface area contributed by atoms with Crippen LogP contribution in [0.5, 0.6) is 0 Å². The van der Waals surface area contributed by atoms with Crippen molar-refractivity contribution in [3.8, 4) is 0 Å². The summed E-state index contributed by atoms with van der Waals surface area (Å²) >= 11 is 0. The number of hydrogen-bond acceptors (Lipinski definition) is 3. The number of nitrogens with one attached hydrogen (secondary N) is 2. The summed E-state index contributed by atoms with van der Waals surface area (Å²) in [7, 11) is 0. The Bertz CT molecular complexity index is 465. The monoisotopic (exact) mass is 294 g/mol. The van der Waals surface area contributed by atoms with E-state index in [9.17, 15) is 4.79 Å². The van der Waals surface area contributed by atoms with Crippen LogP contribution in [-0.2, 0) is 11.3 Å². The molecule has 0 aromatic carbocycles. The first-order valence-corrected chi connectivity index (χ1v) is 7.90. The number of aromatic nitrogens is 2. The summed E-state index contributed by atoms with van der Waals surface area (Å²) in [6, 6.07) is 0.211. The summed E-state index contributed by atoms with van der Waals surface area (Å²) in [5.74, 6) is 0.604. The van der Waals surface area contributed by atoms with Gasteiger partial charge in [0.05, 0.1) is 5.69 Å². The van der Waals surface area contributed by atoms with E-state index in [1.54, 1.807) is 0 Å². The van der Waals surface area contributed by atoms with E-state index in [4.69, 9.17) is 0 Å². The van der Waals surface area contributed by atoms with Crippen LogP contribution in [-0.4, -0.2) is 28.8 Å². The minimum Gasteiger partial charge on any atom is -0.356 e. The van der Waals surface area contributed by atoms with Crippen LogP contribution in [0.25, 0.3) is 0 Å². The fourth-order valence-electron chi connectivity index (χ4n) is 2.56. The van der Waals surface area contributed by atoms with Gasteiger partial charge in [-0.05, 0) is 33.6 Å². The lowest BCUT2D eigenvalue weighted by molar-refractivity contribution is -0.121. The van der Waals surface area contributed by atoms with E-state index in [-0.39, 0.29) is 11.9 Å². The van der Waals surface area contributed by atoms with Gasteiger partial charge in [0.25, 0.3) is 0 Å². The van der Waals surface area contributed by atoms with Gasteiger partial charge < -0.3 is 10.6 Å². The molecular formula is C16H30N4O. The Hall–Kier alpha value is -1.36. The molecule has 1 aromatic heterocycles. The van der Waals surface area contributed by atoms with E-state index in [1.807, 2.05) is 11.6 Å². The molecule has 1 unspecified atom stereocenters. The third-order valence-corrected chi connectivity index (χ3v) is 3.68. The van der Waals surface area contributed by atoms with Gasteiger partial charge in [0.1, 0.15) is 0 Å². The third-order valence-electron chi connectivity index (χ3n) is 3.68. The van der Waals surface area contributed by atoms with Crippen LogP contribution in [0.4, 0.5) is 0 Å². The molecule has 0 aliphatic rings. The quantitative estimate of drug-likeness (QED) is 0.773. The first-order valence-electron chi connectivity index (χ1n) is 7.90. The van der Waals surface area contributed by atoms with E-state index in [1.165, 1.54) is 11.3 Å². The summed E-state index contributed by atoms with van der Waals surface area (Å²) in [5.41, 5.74) is 3.53. The second-order valence-electron chi connectivity index (χ2n) is 6.02. The maximum atomic E-state index is 11.7. The average molecular weight is 294 g/mol. The maximum absolute atomic E-state index is 11.7. The largest absolute Gasteiger partial charge is 0.356 e. The molecule has 0 spiro atoms. The SMILES string of the molecule is CCn1nc(C)c(C(C)NCCC(=O)NCC(C)C)c1C. The number of aryl methyl sites for hydroxylation is 2. The molecule has 2 N–H and O–H groups in total. The van der Waals surface area contributed by atoms with Crippen LogP contribution >= 0.6 is 0 Å². The molecule has 1 heterocycles. The Kier molecular flexibility index (Phi) is 6.89. The normalized spacial score (nSPS) is 12.7. The van der Waals surface area contributed by atoms with Gasteiger partial charge in [0.15, 0.2) is 0 Å². The van der Waals surface area contributed by atoms with Crippen molar-refractivity contribution in [3.05, 3.63) is 17.0 Å². The lowest BCUT2D eigenvalue weighted by Crippen LogP contribution is -2.31. The summed E-state index contributed by atoms with van der Waals surface area (Å²) in [6.45, 7) is 14.9. The Labute approximate surface area is 128 Å². The first kappa shape index (κ1) is 17.7. The predicted octanol–water partition coefficient (Wildman–Crippen LogP) is 2.33. The molecule has 1 atom stereocenters. The van der Waals surface area contributed by atoms with Crippen LogP contribution in [0.3, 0.4) is 0 Å². The van der Waals surface area contributed by atoms with E-state index in [0.717, 1.165) is 18.8 Å². The van der Waals surface area contributed by atoms with Crippen molar-refractivity contribution < 1.29 is 4.79 Å². The molecule has 1 aromatic rings. The number of hydrogen-bond donors (Lipinski definition) is 2. The lowest BCUT2D eigenvalue weighted by atomic mass is 10.1. The topological polar surface area (TPSA) is 59.0 Å². The van der Waals surface area contributed by atoms with Crippen molar-refractivity contribution in [1.82, 2.24) is 20.4 Å². The fraction of sp³-hybridized carbons (Fsp3) is 0.750. The van der Waals surface area contributed by atoms with Gasteiger partial charge >= 0.3 is 0 Å². The van der Waals surface area contributed by atoms with Crippen LogP contribution < -0.4 is 10.6 Å². The molecule has 0 saturated carbocycles. The zero-order valence-electron chi connectivity index (χ0n) is 14.3. The molecule has 0 radical (unpaired) electrons. The van der Waals surface area contributed by atoms with Crippen molar-refractivity contribution in [2.75, 3.05) is 13.1 Å². The van der Waals surface area contributed by atoms with E-state index in [2.05, 4.69) is 50.4 Å². The summed E-state index contributed by atoms with van der Waals surface area (Å²) in [5, 5.41) is 10.9. The highest BCUT2D eigenvalue weighted by Gasteiger charge is 2.16. The maximum Gasteiger partial charge on any atom is 0.221 e. The Balaban J connectivity index is 2.46. The van der Waals surface area contributed by atoms with E-state index in [0.29, 0.717) is 18.9 Å². The number of carbonyl (C=O) groups excluding carboxylic acids is 1. The smallest absolute Gasteiger partial charge is 0.221 e. The third kappa shape index (κ3) is 5.16. The van der Waals surface area contributed by atoms with Crippen molar-refractivity contribution in [1.29, 1.82) is 0 Å². The zero-order chi connectivity index (χ0) is 16.0. The molecule has 0 aliphatic heterocycles. The van der Waals surface area contributed by atoms with Gasteiger partial charge in [-0.25, -0.2) is 0 Å². The first-order chi connectivity index (χ1) is 9.86. The van der Waals surface area contributed by atoms with Gasteiger partial charge in [-0.2, -0.15) is 5.10 Å². The Morgan fingerprint density at radius 1 is 1.29 bits per heavy atom. The van der Waals surface area contributed by atoms with Crippen LogP contribution in [0.2, 0.25) is 0 Å². The number of nitrogens with zero attached hydrogens (tertiary/aromatic N) is 2. The molecule has 0 aliphatic carbocycles. The molecule has 0 bridgehead atoms. The molecule has 1 amide bonds. The number of amides is 1. The standard InChI is InChI=1S/C16H30N4O/c1-7-20-14(6)16(13(5)19-20)12(4)17-9-8-15(21)18-10-11(2)3/h11-12,17H,7-10H2,1-6H3,(H,18,21). The highest BCUT2D eigenvalue weighted by Crippen LogP contribution is 2.21. The second-order valence-corrected chi connectivity index (χ2v) is 6.02. The van der Waals surface area contributed by atoms with Gasteiger partial charge in [-0.3, -0.25) is 9.48 Å². The lowest BCUT2D eigenvalue weighted by Gasteiger charge is -2.15. The Morgan fingerprint density at radius 2 is 1.95 bits per heavy atom. The van der Waals surface area contributed by atoms with Crippen molar-refractivity contribution >= 4 is 5.91 Å². The second kappa shape index (κ2) is 8.17. The fourth-order valence-corrected chi connectivity index (χ4v) is 2.56. The average Bonchev–Trinajstić information content (AvgIpc) is 2.70. The van der Waals surface area contributed by atoms with E-state index >= 15 is 0 Å². The molecule has 5 nitrogen and oxygen atoms in total. The zero-order valence-corrected chi connectivity index (χ0v) is 14.3. The van der Waals surface area contributed by atoms with Gasteiger partial charge in [-0.1, -0.05) is 13.8 Å². The van der Waals surface area contributed by atoms with Crippen molar-refractivity contribution in [2.24, 2.45) is 5.92 Å². The van der Waals surface area contributed by atoms with Crippen molar-refractivity contribution in [3.63, 3.8) is 0 Å². The molecule has 1 rings (SSSR count). The minimum atomic E-state index is 0.112.